The molecule has 0 fully saturated rings. The summed E-state index contributed by atoms with van der Waals surface area (Å²) in [5.74, 6) is 3.63. The molecule has 7 heteroatoms. The monoisotopic (exact) mass is 586 g/mol. The first-order valence-electron chi connectivity index (χ1n) is 16.6. The number of guanidine groups is 1. The Morgan fingerprint density at radius 2 is 1.48 bits per heavy atom. The lowest BCUT2D eigenvalue weighted by atomic mass is 9.83. The number of aliphatic imine (C=N–C) groups is 1. The molecule has 0 spiro atoms. The van der Waals surface area contributed by atoms with Gasteiger partial charge in [0.05, 0.1) is 0 Å². The summed E-state index contributed by atoms with van der Waals surface area (Å²) in [5.41, 5.74) is 20.8. The molecular formula is C35H62N4O3. The highest BCUT2D eigenvalue weighted by Crippen LogP contribution is 2.45. The van der Waals surface area contributed by atoms with Crippen LogP contribution in [0.15, 0.2) is 4.99 Å². The molecule has 6 N–H and O–H groups in total. The zero-order valence-corrected chi connectivity index (χ0v) is 28.1. The number of fused-ring (bicyclic) bond motifs is 1. The molecule has 4 atom stereocenters. The molecule has 1 aliphatic heterocycles. The summed E-state index contributed by atoms with van der Waals surface area (Å²) in [7, 11) is 0. The fourth-order valence-electron chi connectivity index (χ4n) is 6.23. The van der Waals surface area contributed by atoms with Crippen LogP contribution in [0.1, 0.15) is 134 Å². The third-order valence-corrected chi connectivity index (χ3v) is 9.31. The van der Waals surface area contributed by atoms with E-state index in [2.05, 4.69) is 46.5 Å². The van der Waals surface area contributed by atoms with Crippen LogP contribution in [-0.2, 0) is 11.2 Å². The Morgan fingerprint density at radius 3 is 2.07 bits per heavy atom. The molecule has 0 radical (unpaired) electrons. The van der Waals surface area contributed by atoms with Gasteiger partial charge in [0.1, 0.15) is 23.1 Å². The van der Waals surface area contributed by atoms with E-state index in [9.17, 15) is 4.79 Å². The van der Waals surface area contributed by atoms with Gasteiger partial charge in [-0.3, -0.25) is 4.99 Å². The standard InChI is InChI=1S/C35H62N4O3/c1-23(2)13-9-14-24(3)15-10-16-25(4)17-11-20-35(8)21-19-29-28(7)31(26(5)27(6)32(29)42-35)41-33(40)30(36)18-12-22-39-34(37)38/h23-25,30H,9-22,36H2,1-8H3,(H4,37,38,39)/t24-,25-,30+,35-/m1/s1. The molecule has 1 aromatic carbocycles. The van der Waals surface area contributed by atoms with Crippen molar-refractivity contribution < 1.29 is 14.3 Å². The zero-order chi connectivity index (χ0) is 31.4. The van der Waals surface area contributed by atoms with E-state index in [-0.39, 0.29) is 11.6 Å². The van der Waals surface area contributed by atoms with Gasteiger partial charge in [0.15, 0.2) is 5.96 Å². The maximum absolute atomic E-state index is 12.8. The largest absolute Gasteiger partial charge is 0.487 e. The van der Waals surface area contributed by atoms with Crippen LogP contribution in [0.5, 0.6) is 11.5 Å². The highest BCUT2D eigenvalue weighted by molar-refractivity contribution is 5.79. The van der Waals surface area contributed by atoms with Crippen LogP contribution in [-0.4, -0.2) is 30.1 Å². The van der Waals surface area contributed by atoms with Crippen molar-refractivity contribution in [3.05, 3.63) is 22.3 Å². The van der Waals surface area contributed by atoms with E-state index in [4.69, 9.17) is 26.7 Å². The molecule has 0 unspecified atom stereocenters. The van der Waals surface area contributed by atoms with Gasteiger partial charge in [0, 0.05) is 12.1 Å². The van der Waals surface area contributed by atoms with Crippen LogP contribution in [0.2, 0.25) is 0 Å². The molecule has 0 aromatic heterocycles. The van der Waals surface area contributed by atoms with Crippen LogP contribution in [0.3, 0.4) is 0 Å². The number of nitrogens with two attached hydrogens (primary N) is 3. The van der Waals surface area contributed by atoms with Crippen molar-refractivity contribution in [2.75, 3.05) is 6.54 Å². The number of benzene rings is 1. The molecular weight excluding hydrogens is 524 g/mol. The number of carbonyl (C=O) groups excluding carboxylic acids is 1. The molecule has 0 saturated carbocycles. The molecule has 7 nitrogen and oxygen atoms in total. The number of esters is 1. The maximum atomic E-state index is 12.8. The van der Waals surface area contributed by atoms with Crippen LogP contribution >= 0.6 is 0 Å². The van der Waals surface area contributed by atoms with E-state index in [0.717, 1.165) is 65.0 Å². The van der Waals surface area contributed by atoms with Crippen molar-refractivity contribution in [3.63, 3.8) is 0 Å². The van der Waals surface area contributed by atoms with Crippen molar-refractivity contribution in [2.24, 2.45) is 39.9 Å². The fraction of sp³-hybridized carbons (Fsp3) is 0.771. The molecule has 0 bridgehead atoms. The normalized spacial score (nSPS) is 18.6. The highest BCUT2D eigenvalue weighted by atomic mass is 16.5. The average molecular weight is 587 g/mol. The van der Waals surface area contributed by atoms with Gasteiger partial charge in [-0.05, 0) is 101 Å². The average Bonchev–Trinajstić information content (AvgIpc) is 2.91. The SMILES string of the molecule is Cc1c(C)c2c(c(C)c1OC(=O)[C@@H](N)CCCN=C(N)N)CC[C@@](C)(CCC[C@H](C)CCC[C@H](C)CCCC(C)C)O2. The first-order valence-corrected chi connectivity index (χ1v) is 16.6. The molecule has 0 aliphatic carbocycles. The van der Waals surface area contributed by atoms with Crippen molar-refractivity contribution in [1.82, 2.24) is 0 Å². The first-order chi connectivity index (χ1) is 19.7. The molecule has 0 amide bonds. The summed E-state index contributed by atoms with van der Waals surface area (Å²) in [6, 6.07) is -0.727. The van der Waals surface area contributed by atoms with Gasteiger partial charge in [0.2, 0.25) is 0 Å². The smallest absolute Gasteiger partial charge is 0.328 e. The first kappa shape index (κ1) is 35.9. The number of nitrogens with zero attached hydrogens (tertiary/aromatic N) is 1. The van der Waals surface area contributed by atoms with Gasteiger partial charge >= 0.3 is 5.97 Å². The molecule has 1 heterocycles. The summed E-state index contributed by atoms with van der Waals surface area (Å²) in [6.07, 6.45) is 14.6. The second-order valence-electron chi connectivity index (χ2n) is 13.9. The van der Waals surface area contributed by atoms with Crippen molar-refractivity contribution in [1.29, 1.82) is 0 Å². The summed E-state index contributed by atoms with van der Waals surface area (Å²) < 4.78 is 12.6. The van der Waals surface area contributed by atoms with Crippen LogP contribution in [0.4, 0.5) is 0 Å². The molecule has 0 saturated heterocycles. The lowest BCUT2D eigenvalue weighted by Gasteiger charge is -2.38. The van der Waals surface area contributed by atoms with Gasteiger partial charge < -0.3 is 26.7 Å². The minimum Gasteiger partial charge on any atom is -0.487 e. The second kappa shape index (κ2) is 17.1. The Bertz CT molecular complexity index is 1030. The Kier molecular flexibility index (Phi) is 14.6. The van der Waals surface area contributed by atoms with Crippen LogP contribution in [0.25, 0.3) is 0 Å². The van der Waals surface area contributed by atoms with Gasteiger partial charge in [-0.1, -0.05) is 72.6 Å². The zero-order valence-electron chi connectivity index (χ0n) is 28.1. The minimum absolute atomic E-state index is 0.0399. The second-order valence-corrected chi connectivity index (χ2v) is 13.9. The Hall–Kier alpha value is -2.28. The minimum atomic E-state index is -0.727. The summed E-state index contributed by atoms with van der Waals surface area (Å²) in [4.78, 5) is 16.7. The molecule has 240 valence electrons. The van der Waals surface area contributed by atoms with Crippen molar-refractivity contribution >= 4 is 11.9 Å². The summed E-state index contributed by atoms with van der Waals surface area (Å²) >= 11 is 0. The number of hydrogen-bond acceptors (Lipinski definition) is 5. The third kappa shape index (κ3) is 11.4. The Balaban J connectivity index is 1.89. The fourth-order valence-corrected chi connectivity index (χ4v) is 6.23. The Labute approximate surface area is 256 Å². The van der Waals surface area contributed by atoms with Gasteiger partial charge in [-0.25, -0.2) is 4.79 Å². The van der Waals surface area contributed by atoms with Gasteiger partial charge in [-0.15, -0.1) is 0 Å². The quantitative estimate of drug-likeness (QED) is 0.0540. The Morgan fingerprint density at radius 1 is 0.881 bits per heavy atom. The summed E-state index contributed by atoms with van der Waals surface area (Å²) in [6.45, 7) is 18.3. The van der Waals surface area contributed by atoms with E-state index in [1.165, 1.54) is 51.4 Å². The van der Waals surface area contributed by atoms with E-state index in [0.29, 0.717) is 25.1 Å². The number of hydrogen-bond donors (Lipinski definition) is 3. The van der Waals surface area contributed by atoms with E-state index in [1.54, 1.807) is 0 Å². The molecule has 1 aromatic rings. The van der Waals surface area contributed by atoms with E-state index >= 15 is 0 Å². The van der Waals surface area contributed by atoms with E-state index in [1.807, 2.05) is 13.8 Å². The predicted octanol–water partition coefficient (Wildman–Crippen LogP) is 7.42. The lowest BCUT2D eigenvalue weighted by molar-refractivity contribution is -0.136. The number of ether oxygens (including phenoxy) is 2. The lowest BCUT2D eigenvalue weighted by Crippen LogP contribution is -2.37. The number of carbonyl (C=O) groups is 1. The molecule has 1 aliphatic rings. The predicted molar refractivity (Wildman–Crippen MR) is 176 cm³/mol. The summed E-state index contributed by atoms with van der Waals surface area (Å²) in [5, 5.41) is 0. The topological polar surface area (TPSA) is 126 Å². The molecule has 2 rings (SSSR count). The van der Waals surface area contributed by atoms with Crippen LogP contribution < -0.4 is 26.7 Å². The maximum Gasteiger partial charge on any atom is 0.328 e. The molecule has 42 heavy (non-hydrogen) atoms. The van der Waals surface area contributed by atoms with Crippen molar-refractivity contribution in [2.45, 2.75) is 151 Å². The van der Waals surface area contributed by atoms with Crippen molar-refractivity contribution in [3.8, 4) is 11.5 Å². The third-order valence-electron chi connectivity index (χ3n) is 9.31. The van der Waals surface area contributed by atoms with Crippen LogP contribution in [0, 0.1) is 38.5 Å². The van der Waals surface area contributed by atoms with E-state index < -0.39 is 12.0 Å². The van der Waals surface area contributed by atoms with Gasteiger partial charge in [0.25, 0.3) is 0 Å². The van der Waals surface area contributed by atoms with Gasteiger partial charge in [-0.2, -0.15) is 0 Å². The number of rotatable bonds is 18. The highest BCUT2D eigenvalue weighted by Gasteiger charge is 2.35.